The first-order valence-corrected chi connectivity index (χ1v) is 7.47. The molecule has 120 valence electrons. The van der Waals surface area contributed by atoms with Crippen molar-refractivity contribution in [3.05, 3.63) is 36.5 Å². The second-order valence-corrected chi connectivity index (χ2v) is 5.21. The monoisotopic (exact) mass is 314 g/mol. The highest BCUT2D eigenvalue weighted by Crippen LogP contribution is 2.20. The summed E-state index contributed by atoms with van der Waals surface area (Å²) in [4.78, 5) is 28.2. The Morgan fingerprint density at radius 3 is 3.00 bits per heavy atom. The molecule has 2 heterocycles. The zero-order valence-corrected chi connectivity index (χ0v) is 12.5. The highest BCUT2D eigenvalue weighted by atomic mass is 16.5. The number of carbonyl (C=O) groups is 2. The first-order chi connectivity index (χ1) is 11.2. The number of benzene rings is 1. The summed E-state index contributed by atoms with van der Waals surface area (Å²) in [6.07, 6.45) is 1.13. The molecule has 1 fully saturated rings. The van der Waals surface area contributed by atoms with Gasteiger partial charge in [0.1, 0.15) is 6.10 Å². The fourth-order valence-electron chi connectivity index (χ4n) is 2.41. The predicted octanol–water partition coefficient (Wildman–Crippen LogP) is 0.278. The normalized spacial score (nSPS) is 17.7. The van der Waals surface area contributed by atoms with Crippen molar-refractivity contribution in [2.45, 2.75) is 6.10 Å². The van der Waals surface area contributed by atoms with E-state index in [1.54, 1.807) is 12.3 Å². The standard InChI is InChI=1S/C16H18N4O3/c21-14(10-19-16(22)13-9-17-7-8-23-13)20-12-5-1-3-11-4-2-6-18-15(11)12/h1-6,13,17H,7-10H2,(H,19,22)(H,20,21). The zero-order valence-electron chi connectivity index (χ0n) is 12.5. The van der Waals surface area contributed by atoms with Gasteiger partial charge in [0.25, 0.3) is 5.91 Å². The van der Waals surface area contributed by atoms with Gasteiger partial charge in [-0.05, 0) is 12.1 Å². The van der Waals surface area contributed by atoms with Crippen LogP contribution in [0.1, 0.15) is 0 Å². The van der Waals surface area contributed by atoms with Crippen molar-refractivity contribution in [3.8, 4) is 0 Å². The number of fused-ring (bicyclic) bond motifs is 1. The van der Waals surface area contributed by atoms with Crippen LogP contribution in [0.5, 0.6) is 0 Å². The van der Waals surface area contributed by atoms with E-state index in [0.717, 1.165) is 17.4 Å². The third kappa shape index (κ3) is 3.82. The van der Waals surface area contributed by atoms with E-state index in [2.05, 4.69) is 20.9 Å². The molecule has 7 heteroatoms. The fourth-order valence-corrected chi connectivity index (χ4v) is 2.41. The van der Waals surface area contributed by atoms with Gasteiger partial charge >= 0.3 is 0 Å². The van der Waals surface area contributed by atoms with Crippen molar-refractivity contribution >= 4 is 28.4 Å². The summed E-state index contributed by atoms with van der Waals surface area (Å²) in [6, 6.07) is 9.32. The highest BCUT2D eigenvalue weighted by molar-refractivity contribution is 6.01. The second-order valence-electron chi connectivity index (χ2n) is 5.21. The molecule has 23 heavy (non-hydrogen) atoms. The molecular formula is C16H18N4O3. The Kier molecular flexibility index (Phi) is 4.80. The number of morpholine rings is 1. The summed E-state index contributed by atoms with van der Waals surface area (Å²) in [6.45, 7) is 1.58. The maximum absolute atomic E-state index is 12.0. The number of carbonyl (C=O) groups excluding carboxylic acids is 2. The van der Waals surface area contributed by atoms with Crippen molar-refractivity contribution in [1.29, 1.82) is 0 Å². The molecule has 3 N–H and O–H groups in total. The van der Waals surface area contributed by atoms with Gasteiger partial charge in [-0.15, -0.1) is 0 Å². The molecule has 3 rings (SSSR count). The van der Waals surface area contributed by atoms with Crippen molar-refractivity contribution < 1.29 is 14.3 Å². The molecule has 1 unspecified atom stereocenters. The lowest BCUT2D eigenvalue weighted by Crippen LogP contribution is -2.49. The Morgan fingerprint density at radius 1 is 1.30 bits per heavy atom. The molecule has 1 atom stereocenters. The highest BCUT2D eigenvalue weighted by Gasteiger charge is 2.21. The molecule has 0 spiro atoms. The molecule has 1 saturated heterocycles. The van der Waals surface area contributed by atoms with Crippen LogP contribution in [0.4, 0.5) is 5.69 Å². The van der Waals surface area contributed by atoms with Gasteiger partial charge in [-0.1, -0.05) is 18.2 Å². The first-order valence-electron chi connectivity index (χ1n) is 7.47. The van der Waals surface area contributed by atoms with Crippen LogP contribution in [0.3, 0.4) is 0 Å². The predicted molar refractivity (Wildman–Crippen MR) is 86.0 cm³/mol. The average molecular weight is 314 g/mol. The number of nitrogens with one attached hydrogen (secondary N) is 3. The van der Waals surface area contributed by atoms with E-state index in [1.165, 1.54) is 0 Å². The minimum Gasteiger partial charge on any atom is -0.366 e. The Morgan fingerprint density at radius 2 is 2.17 bits per heavy atom. The Labute approximate surface area is 133 Å². The van der Waals surface area contributed by atoms with Crippen LogP contribution >= 0.6 is 0 Å². The molecule has 1 aromatic carbocycles. The van der Waals surface area contributed by atoms with Gasteiger partial charge in [-0.3, -0.25) is 14.6 Å². The number of nitrogens with zero attached hydrogens (tertiary/aromatic N) is 1. The maximum atomic E-state index is 12.0. The lowest BCUT2D eigenvalue weighted by molar-refractivity contribution is -0.135. The SMILES string of the molecule is O=C(CNC(=O)C1CNCCO1)Nc1cccc2cccnc12. The number of hydrogen-bond donors (Lipinski definition) is 3. The molecule has 0 radical (unpaired) electrons. The van der Waals surface area contributed by atoms with E-state index >= 15 is 0 Å². The van der Waals surface area contributed by atoms with Crippen molar-refractivity contribution in [1.82, 2.24) is 15.6 Å². The molecule has 1 aliphatic rings. The zero-order chi connectivity index (χ0) is 16.1. The first kappa shape index (κ1) is 15.4. The number of hydrogen-bond acceptors (Lipinski definition) is 5. The number of pyridine rings is 1. The molecule has 1 aliphatic heterocycles. The summed E-state index contributed by atoms with van der Waals surface area (Å²) < 4.78 is 5.33. The molecule has 2 amide bonds. The van der Waals surface area contributed by atoms with Gasteiger partial charge in [-0.25, -0.2) is 0 Å². The summed E-state index contributed by atoms with van der Waals surface area (Å²) in [5.74, 6) is -0.594. The molecule has 0 saturated carbocycles. The third-order valence-corrected chi connectivity index (χ3v) is 3.55. The molecular weight excluding hydrogens is 296 g/mol. The number of anilines is 1. The van der Waals surface area contributed by atoms with E-state index in [9.17, 15) is 9.59 Å². The minimum absolute atomic E-state index is 0.109. The number of rotatable bonds is 4. The van der Waals surface area contributed by atoms with Gasteiger partial charge < -0.3 is 20.7 Å². The number of ether oxygens (including phenoxy) is 1. The van der Waals surface area contributed by atoms with Crippen molar-refractivity contribution in [2.24, 2.45) is 0 Å². The van der Waals surface area contributed by atoms with Crippen molar-refractivity contribution in [3.63, 3.8) is 0 Å². The Balaban J connectivity index is 1.57. The van der Waals surface area contributed by atoms with E-state index in [0.29, 0.717) is 18.8 Å². The van der Waals surface area contributed by atoms with Crippen LogP contribution in [0.15, 0.2) is 36.5 Å². The third-order valence-electron chi connectivity index (χ3n) is 3.55. The summed E-state index contributed by atoms with van der Waals surface area (Å²) >= 11 is 0. The Hall–Kier alpha value is -2.51. The molecule has 2 aromatic rings. The van der Waals surface area contributed by atoms with Crippen LogP contribution in [-0.4, -0.2) is 49.1 Å². The molecule has 0 aliphatic carbocycles. The molecule has 7 nitrogen and oxygen atoms in total. The number of amides is 2. The van der Waals surface area contributed by atoms with Gasteiger partial charge in [0, 0.05) is 24.7 Å². The van der Waals surface area contributed by atoms with E-state index in [1.807, 2.05) is 24.3 Å². The number of aromatic nitrogens is 1. The largest absolute Gasteiger partial charge is 0.366 e. The van der Waals surface area contributed by atoms with Crippen LogP contribution < -0.4 is 16.0 Å². The quantitative estimate of drug-likeness (QED) is 0.754. The van der Waals surface area contributed by atoms with E-state index in [-0.39, 0.29) is 18.4 Å². The minimum atomic E-state index is -0.546. The summed E-state index contributed by atoms with van der Waals surface area (Å²) in [5.41, 5.74) is 1.34. The number of para-hydroxylation sites is 1. The lowest BCUT2D eigenvalue weighted by atomic mass is 10.2. The van der Waals surface area contributed by atoms with Crippen molar-refractivity contribution in [2.75, 3.05) is 31.6 Å². The van der Waals surface area contributed by atoms with Gasteiger partial charge in [-0.2, -0.15) is 0 Å². The Bertz CT molecular complexity index is 708. The van der Waals surface area contributed by atoms with Crippen LogP contribution in [0, 0.1) is 0 Å². The summed E-state index contributed by atoms with van der Waals surface area (Å²) in [7, 11) is 0. The summed E-state index contributed by atoms with van der Waals surface area (Å²) in [5, 5.41) is 9.36. The maximum Gasteiger partial charge on any atom is 0.250 e. The van der Waals surface area contributed by atoms with Crippen LogP contribution in [0.2, 0.25) is 0 Å². The fraction of sp³-hybridized carbons (Fsp3) is 0.312. The van der Waals surface area contributed by atoms with Gasteiger partial charge in [0.2, 0.25) is 5.91 Å². The van der Waals surface area contributed by atoms with Crippen LogP contribution in [0.25, 0.3) is 10.9 Å². The van der Waals surface area contributed by atoms with Gasteiger partial charge in [0.15, 0.2) is 0 Å². The van der Waals surface area contributed by atoms with Gasteiger partial charge in [0.05, 0.1) is 24.4 Å². The molecule has 1 aromatic heterocycles. The second kappa shape index (κ2) is 7.17. The average Bonchev–Trinajstić information content (AvgIpc) is 2.61. The topological polar surface area (TPSA) is 92.4 Å². The molecule has 0 bridgehead atoms. The van der Waals surface area contributed by atoms with E-state index in [4.69, 9.17) is 4.74 Å². The smallest absolute Gasteiger partial charge is 0.250 e. The lowest BCUT2D eigenvalue weighted by Gasteiger charge is -2.22. The van der Waals surface area contributed by atoms with E-state index < -0.39 is 6.10 Å². The van der Waals surface area contributed by atoms with Crippen LogP contribution in [-0.2, 0) is 14.3 Å².